The number of rotatable bonds is 5. The minimum atomic E-state index is 0.754. The van der Waals surface area contributed by atoms with Gasteiger partial charge in [0.2, 0.25) is 5.95 Å². The highest BCUT2D eigenvalue weighted by Gasteiger charge is 2.24. The Balaban J connectivity index is 1.71. The highest BCUT2D eigenvalue weighted by Crippen LogP contribution is 2.28. The molecule has 2 aliphatic rings. The highest BCUT2D eigenvalue weighted by atomic mass is 15.3. The van der Waals surface area contributed by atoms with Crippen molar-refractivity contribution >= 4 is 5.95 Å². The predicted molar refractivity (Wildman–Crippen MR) is 86.9 cm³/mol. The van der Waals surface area contributed by atoms with Crippen LogP contribution in [0.3, 0.4) is 0 Å². The van der Waals surface area contributed by atoms with Crippen LogP contribution >= 0.6 is 0 Å². The van der Waals surface area contributed by atoms with E-state index in [2.05, 4.69) is 24.1 Å². The Morgan fingerprint density at radius 2 is 2.05 bits per heavy atom. The molecule has 116 valence electrons. The van der Waals surface area contributed by atoms with Gasteiger partial charge in [0.1, 0.15) is 0 Å². The Labute approximate surface area is 128 Å². The fourth-order valence-electron chi connectivity index (χ4n) is 3.56. The second kappa shape index (κ2) is 6.73. The van der Waals surface area contributed by atoms with Crippen molar-refractivity contribution in [3.8, 4) is 0 Å². The Morgan fingerprint density at radius 1 is 1.24 bits per heavy atom. The zero-order valence-corrected chi connectivity index (χ0v) is 13.5. The highest BCUT2D eigenvalue weighted by molar-refractivity contribution is 5.39. The first-order valence-corrected chi connectivity index (χ1v) is 8.60. The second-order valence-corrected chi connectivity index (χ2v) is 6.54. The summed E-state index contributed by atoms with van der Waals surface area (Å²) in [5, 5.41) is 3.56. The Morgan fingerprint density at radius 3 is 2.81 bits per heavy atom. The molecule has 1 saturated heterocycles. The number of aromatic nitrogens is 2. The van der Waals surface area contributed by atoms with Crippen molar-refractivity contribution in [3.05, 3.63) is 17.0 Å². The van der Waals surface area contributed by atoms with Crippen LogP contribution in [0.15, 0.2) is 0 Å². The summed E-state index contributed by atoms with van der Waals surface area (Å²) in [5.41, 5.74) is 3.95. The monoisotopic (exact) mass is 288 g/mol. The molecule has 0 amide bonds. The van der Waals surface area contributed by atoms with Gasteiger partial charge in [-0.15, -0.1) is 0 Å². The maximum Gasteiger partial charge on any atom is 0.225 e. The van der Waals surface area contributed by atoms with Crippen molar-refractivity contribution in [3.63, 3.8) is 0 Å². The van der Waals surface area contributed by atoms with Crippen molar-refractivity contribution in [2.24, 2.45) is 5.92 Å². The number of fused-ring (bicyclic) bond motifs is 1. The molecule has 1 aliphatic carbocycles. The van der Waals surface area contributed by atoms with Gasteiger partial charge in [-0.3, -0.25) is 0 Å². The van der Waals surface area contributed by atoms with Crippen LogP contribution in [0.5, 0.6) is 0 Å². The van der Waals surface area contributed by atoms with Crippen LogP contribution in [0, 0.1) is 12.8 Å². The van der Waals surface area contributed by atoms with E-state index in [9.17, 15) is 0 Å². The van der Waals surface area contributed by atoms with Gasteiger partial charge in [0, 0.05) is 24.5 Å². The molecule has 1 unspecified atom stereocenters. The molecule has 0 bridgehead atoms. The van der Waals surface area contributed by atoms with Crippen LogP contribution in [0.2, 0.25) is 0 Å². The number of hydrogen-bond donors (Lipinski definition) is 1. The lowest BCUT2D eigenvalue weighted by Crippen LogP contribution is -2.30. The van der Waals surface area contributed by atoms with Gasteiger partial charge in [-0.1, -0.05) is 6.92 Å². The largest absolute Gasteiger partial charge is 0.341 e. The van der Waals surface area contributed by atoms with Crippen molar-refractivity contribution in [1.29, 1.82) is 0 Å². The topological polar surface area (TPSA) is 41.1 Å². The van der Waals surface area contributed by atoms with Crippen LogP contribution < -0.4 is 10.2 Å². The number of nitrogens with zero attached hydrogens (tertiary/aromatic N) is 3. The van der Waals surface area contributed by atoms with E-state index in [-0.39, 0.29) is 0 Å². The zero-order chi connectivity index (χ0) is 14.7. The average molecular weight is 288 g/mol. The first-order chi connectivity index (χ1) is 10.3. The van der Waals surface area contributed by atoms with Crippen LogP contribution in [-0.2, 0) is 12.8 Å². The van der Waals surface area contributed by atoms with Gasteiger partial charge in [0.15, 0.2) is 0 Å². The Kier molecular flexibility index (Phi) is 4.73. The smallest absolute Gasteiger partial charge is 0.225 e. The maximum absolute atomic E-state index is 4.88. The van der Waals surface area contributed by atoms with Crippen LogP contribution in [-0.4, -0.2) is 36.1 Å². The third-order valence-electron chi connectivity index (χ3n) is 4.82. The molecule has 3 rings (SSSR count). The number of aryl methyl sites for hydroxylation is 2. The van der Waals surface area contributed by atoms with E-state index >= 15 is 0 Å². The summed E-state index contributed by atoms with van der Waals surface area (Å²) in [4.78, 5) is 12.0. The molecule has 21 heavy (non-hydrogen) atoms. The van der Waals surface area contributed by atoms with Gasteiger partial charge in [0.05, 0.1) is 0 Å². The molecule has 4 heteroatoms. The first kappa shape index (κ1) is 14.8. The molecular weight excluding hydrogens is 260 g/mol. The van der Waals surface area contributed by atoms with E-state index in [0.717, 1.165) is 50.9 Å². The summed E-state index contributed by atoms with van der Waals surface area (Å²) in [6, 6.07) is 0. The van der Waals surface area contributed by atoms with Gasteiger partial charge < -0.3 is 10.2 Å². The van der Waals surface area contributed by atoms with Gasteiger partial charge in [-0.25, -0.2) is 9.97 Å². The molecule has 1 atom stereocenters. The summed E-state index contributed by atoms with van der Waals surface area (Å²) < 4.78 is 0. The van der Waals surface area contributed by atoms with Crippen LogP contribution in [0.1, 0.15) is 49.6 Å². The van der Waals surface area contributed by atoms with Crippen molar-refractivity contribution in [2.45, 2.75) is 52.4 Å². The fraction of sp³-hybridized carbons (Fsp3) is 0.765. The molecule has 0 aromatic carbocycles. The Bertz CT molecular complexity index is 480. The summed E-state index contributed by atoms with van der Waals surface area (Å²) in [5.74, 6) is 1.73. The fourth-order valence-corrected chi connectivity index (χ4v) is 3.56. The van der Waals surface area contributed by atoms with Crippen molar-refractivity contribution in [1.82, 2.24) is 15.3 Å². The van der Waals surface area contributed by atoms with E-state index in [4.69, 9.17) is 9.97 Å². The second-order valence-electron chi connectivity index (χ2n) is 6.54. The Hall–Kier alpha value is -1.16. The van der Waals surface area contributed by atoms with Gasteiger partial charge >= 0.3 is 0 Å². The summed E-state index contributed by atoms with van der Waals surface area (Å²) in [7, 11) is 0. The number of anilines is 1. The minimum absolute atomic E-state index is 0.754. The van der Waals surface area contributed by atoms with E-state index in [1.807, 2.05) is 0 Å². The molecule has 0 radical (unpaired) electrons. The first-order valence-electron chi connectivity index (χ1n) is 8.60. The lowest BCUT2D eigenvalue weighted by Gasteiger charge is -2.27. The summed E-state index contributed by atoms with van der Waals surface area (Å²) >= 11 is 0. The van der Waals surface area contributed by atoms with Crippen molar-refractivity contribution in [2.75, 3.05) is 31.1 Å². The lowest BCUT2D eigenvalue weighted by atomic mass is 9.86. The third kappa shape index (κ3) is 3.37. The van der Waals surface area contributed by atoms with Crippen LogP contribution in [0.4, 0.5) is 5.95 Å². The molecule has 4 nitrogen and oxygen atoms in total. The maximum atomic E-state index is 4.88. The molecule has 0 saturated carbocycles. The third-order valence-corrected chi connectivity index (χ3v) is 4.82. The van der Waals surface area contributed by atoms with E-state index in [1.54, 1.807) is 0 Å². The summed E-state index contributed by atoms with van der Waals surface area (Å²) in [6.07, 6.45) is 7.32. The molecule has 1 N–H and O–H groups in total. The standard InChI is InChI=1S/C17H28N4/c1-3-8-18-12-14-6-7-16-15(11-14)13(2)19-17(20-16)21-9-4-5-10-21/h14,18H,3-12H2,1-2H3. The van der Waals surface area contributed by atoms with E-state index in [1.165, 1.54) is 42.6 Å². The van der Waals surface area contributed by atoms with Gasteiger partial charge in [-0.2, -0.15) is 0 Å². The molecule has 1 aliphatic heterocycles. The predicted octanol–water partition coefficient (Wildman–Crippen LogP) is 2.49. The van der Waals surface area contributed by atoms with E-state index in [0.29, 0.717) is 0 Å². The van der Waals surface area contributed by atoms with Crippen molar-refractivity contribution < 1.29 is 0 Å². The van der Waals surface area contributed by atoms with E-state index < -0.39 is 0 Å². The van der Waals surface area contributed by atoms with Gasteiger partial charge in [-0.05, 0) is 70.0 Å². The average Bonchev–Trinajstić information content (AvgIpc) is 3.02. The lowest BCUT2D eigenvalue weighted by molar-refractivity contribution is 0.418. The quantitative estimate of drug-likeness (QED) is 0.845. The SMILES string of the molecule is CCCNCC1CCc2nc(N3CCCC3)nc(C)c2C1. The number of hydrogen-bond acceptors (Lipinski definition) is 4. The normalized spacial score (nSPS) is 21.6. The molecule has 0 spiro atoms. The van der Waals surface area contributed by atoms with Gasteiger partial charge in [0.25, 0.3) is 0 Å². The number of nitrogens with one attached hydrogen (secondary N) is 1. The molecule has 1 fully saturated rings. The zero-order valence-electron chi connectivity index (χ0n) is 13.5. The summed E-state index contributed by atoms with van der Waals surface area (Å²) in [6.45, 7) is 8.92. The molecule has 1 aromatic heterocycles. The van der Waals surface area contributed by atoms with Crippen LogP contribution in [0.25, 0.3) is 0 Å². The molecule has 1 aromatic rings. The molecular formula is C17H28N4. The minimum Gasteiger partial charge on any atom is -0.341 e. The molecule has 2 heterocycles.